The summed E-state index contributed by atoms with van der Waals surface area (Å²) >= 11 is 0. The maximum atomic E-state index is 2.56. The van der Waals surface area contributed by atoms with Crippen LogP contribution in [0.25, 0.3) is 22.7 Å². The molecule has 0 aliphatic carbocycles. The molecule has 0 atom stereocenters. The van der Waals surface area contributed by atoms with E-state index in [2.05, 4.69) is 227 Å². The van der Waals surface area contributed by atoms with Crippen LogP contribution in [0.5, 0.6) is 0 Å². The summed E-state index contributed by atoms with van der Waals surface area (Å²) in [6, 6.07) is 27.8. The molecule has 0 fully saturated rings. The number of hydrogen-bond acceptors (Lipinski definition) is 0. The van der Waals surface area contributed by atoms with Crippen molar-refractivity contribution in [3.05, 3.63) is 142 Å². The first-order valence-electron chi connectivity index (χ1n) is 22.7. The molecular formula is C54H72N4P2+2. The highest BCUT2D eigenvalue weighted by molar-refractivity contribution is 7.90. The Morgan fingerprint density at radius 3 is 0.767 bits per heavy atom. The smallest absolute Gasteiger partial charge is 0.191 e. The van der Waals surface area contributed by atoms with Crippen molar-refractivity contribution in [2.45, 2.75) is 158 Å². The van der Waals surface area contributed by atoms with Gasteiger partial charge in [-0.2, -0.15) is 18.3 Å². The average molecular weight is 839 g/mol. The molecule has 0 aliphatic rings. The van der Waals surface area contributed by atoms with Crippen LogP contribution in [-0.2, 0) is 0 Å². The van der Waals surface area contributed by atoms with Crippen LogP contribution in [0.4, 0.5) is 0 Å². The fraction of sp³-hybridized carbons (Fsp3) is 0.444. The molecule has 6 heteroatoms. The molecule has 0 bridgehead atoms. The molecule has 0 aliphatic heterocycles. The quantitative estimate of drug-likeness (QED) is 0.0768. The minimum atomic E-state index is 0.370. The Labute approximate surface area is 366 Å². The van der Waals surface area contributed by atoms with Gasteiger partial charge in [0.1, 0.15) is 47.5 Å². The van der Waals surface area contributed by atoms with E-state index in [1.807, 2.05) is 0 Å². The lowest BCUT2D eigenvalue weighted by molar-refractivity contribution is -0.576. The molecule has 4 nitrogen and oxygen atoms in total. The first-order valence-corrected chi connectivity index (χ1v) is 25.2. The van der Waals surface area contributed by atoms with Crippen molar-refractivity contribution in [3.8, 4) is 22.7 Å². The van der Waals surface area contributed by atoms with E-state index >= 15 is 0 Å². The average Bonchev–Trinajstić information content (AvgIpc) is 3.82. The summed E-state index contributed by atoms with van der Waals surface area (Å²) in [5.41, 5.74) is 18.9. The van der Waals surface area contributed by atoms with Crippen LogP contribution in [0, 0.1) is 0 Å². The van der Waals surface area contributed by atoms with Gasteiger partial charge < -0.3 is 0 Å². The van der Waals surface area contributed by atoms with E-state index in [-0.39, 0.29) is 0 Å². The van der Waals surface area contributed by atoms with Crippen LogP contribution in [0.1, 0.15) is 203 Å². The lowest BCUT2D eigenvalue weighted by Gasteiger charge is -2.19. The normalized spacial score (nSPS) is 12.5. The van der Waals surface area contributed by atoms with E-state index in [0.717, 1.165) is 0 Å². The summed E-state index contributed by atoms with van der Waals surface area (Å²) in [4.78, 5) is 0. The third-order valence-corrected chi connectivity index (χ3v) is 14.8. The van der Waals surface area contributed by atoms with E-state index in [9.17, 15) is 0 Å². The summed E-state index contributed by atoms with van der Waals surface area (Å²) in [6.45, 7) is 37.5. The largest absolute Gasteiger partial charge is 0.321 e. The van der Waals surface area contributed by atoms with Gasteiger partial charge in [0.2, 0.25) is 0 Å². The zero-order chi connectivity index (χ0) is 43.7. The number of aromatic nitrogens is 4. The molecule has 316 valence electrons. The molecule has 6 rings (SSSR count). The molecule has 0 radical (unpaired) electrons. The Kier molecular flexibility index (Phi) is 14.3. The van der Waals surface area contributed by atoms with Crippen molar-refractivity contribution in [3.63, 3.8) is 0 Å². The molecule has 6 aromatic rings. The Bertz CT molecular complexity index is 2030. The highest BCUT2D eigenvalue weighted by atomic mass is 31.7. The number of benzene rings is 4. The van der Waals surface area contributed by atoms with Gasteiger partial charge in [-0.15, -0.1) is 0 Å². The second-order valence-electron chi connectivity index (χ2n) is 19.3. The highest BCUT2D eigenvalue weighted by Gasteiger charge is 2.33. The van der Waals surface area contributed by atoms with Crippen molar-refractivity contribution in [1.82, 2.24) is 9.13 Å². The van der Waals surface area contributed by atoms with Gasteiger partial charge in [-0.25, -0.2) is 0 Å². The topological polar surface area (TPSA) is 17.6 Å². The number of rotatable bonds is 14. The van der Waals surface area contributed by atoms with Gasteiger partial charge in [0.25, 0.3) is 0 Å². The van der Waals surface area contributed by atoms with E-state index in [0.29, 0.717) is 47.3 Å². The van der Waals surface area contributed by atoms with E-state index in [1.54, 1.807) is 0 Å². The van der Waals surface area contributed by atoms with Crippen LogP contribution in [0.3, 0.4) is 0 Å². The van der Waals surface area contributed by atoms with Gasteiger partial charge >= 0.3 is 11.1 Å². The van der Waals surface area contributed by atoms with Gasteiger partial charge in [-0.1, -0.05) is 184 Å². The fourth-order valence-electron chi connectivity index (χ4n) is 8.91. The maximum Gasteiger partial charge on any atom is 0.321 e. The number of nitrogens with zero attached hydrogens (tertiary/aromatic N) is 4. The Balaban J connectivity index is 1.80. The van der Waals surface area contributed by atoms with Crippen molar-refractivity contribution >= 4 is 26.9 Å². The molecule has 0 spiro atoms. The summed E-state index contributed by atoms with van der Waals surface area (Å²) in [7, 11) is 2.38. The molecule has 0 unspecified atom stereocenters. The third kappa shape index (κ3) is 8.80. The first-order chi connectivity index (χ1) is 28.5. The number of para-hydroxylation sites is 4. The van der Waals surface area contributed by atoms with Crippen molar-refractivity contribution in [1.29, 1.82) is 0 Å². The monoisotopic (exact) mass is 839 g/mol. The molecule has 4 aromatic carbocycles. The molecule has 0 amide bonds. The van der Waals surface area contributed by atoms with Crippen LogP contribution >= 0.6 is 15.7 Å². The minimum Gasteiger partial charge on any atom is -0.191 e. The SMILES string of the molecule is CC(C)c1cccc(C(C)C)c1-n1cc[n+](-c2c(C(C)C)cccc2C(C)C)c1P=Pc1n(-c2c(C(C)C)cccc2C(C)C)cc[n+]1-c1c(C(C)C)cccc1C(C)C. The molecule has 0 saturated heterocycles. The van der Waals surface area contributed by atoms with E-state index in [4.69, 9.17) is 0 Å². The summed E-state index contributed by atoms with van der Waals surface area (Å²) in [6.07, 6.45) is 9.43. The fourth-order valence-corrected chi connectivity index (χ4v) is 11.8. The molecular weight excluding hydrogens is 767 g/mol. The zero-order valence-electron chi connectivity index (χ0n) is 39.5. The molecule has 0 N–H and O–H groups in total. The standard InChI is InChI=1S/C54H72N4P2/c1-33(2)41-21-17-22-42(34(3)4)49(41)55-29-30-56(50-43(35(5)6)23-18-24-44(50)36(7)8)53(55)59-60-54-57(51-45(37(9)10)25-19-26-46(51)38(11)12)31-32-58(54)52-47(39(13)14)27-20-28-48(52)40(15)16/h17-40H,1-16H3/q+2. The van der Waals surface area contributed by atoms with Crippen LogP contribution in [0.15, 0.2) is 97.6 Å². The number of imidazole rings is 2. The Morgan fingerprint density at radius 2 is 0.550 bits per heavy atom. The Hall–Kier alpha value is -4.10. The maximum absolute atomic E-state index is 2.56. The summed E-state index contributed by atoms with van der Waals surface area (Å²) < 4.78 is 10.2. The van der Waals surface area contributed by atoms with E-state index in [1.165, 1.54) is 94.1 Å². The summed E-state index contributed by atoms with van der Waals surface area (Å²) in [5.74, 6) is 2.96. The van der Waals surface area contributed by atoms with Crippen molar-refractivity contribution < 1.29 is 9.13 Å². The van der Waals surface area contributed by atoms with Gasteiger partial charge in [0.15, 0.2) is 0 Å². The number of hydrogen-bond donors (Lipinski definition) is 0. The summed E-state index contributed by atoms with van der Waals surface area (Å²) in [5, 5.41) is 0. The Morgan fingerprint density at radius 1 is 0.333 bits per heavy atom. The molecule has 0 saturated carbocycles. The molecule has 2 aromatic heterocycles. The second kappa shape index (κ2) is 18.9. The molecule has 2 heterocycles. The van der Waals surface area contributed by atoms with Crippen molar-refractivity contribution in [2.24, 2.45) is 0 Å². The van der Waals surface area contributed by atoms with Crippen LogP contribution in [0.2, 0.25) is 0 Å². The predicted molar refractivity (Wildman–Crippen MR) is 260 cm³/mol. The van der Waals surface area contributed by atoms with E-state index < -0.39 is 0 Å². The lowest BCUT2D eigenvalue weighted by atomic mass is 9.92. The van der Waals surface area contributed by atoms with Crippen molar-refractivity contribution in [2.75, 3.05) is 0 Å². The predicted octanol–water partition coefficient (Wildman–Crippen LogP) is 14.6. The zero-order valence-corrected chi connectivity index (χ0v) is 41.3. The van der Waals surface area contributed by atoms with Crippen LogP contribution in [-0.4, -0.2) is 9.13 Å². The van der Waals surface area contributed by atoms with Gasteiger partial charge in [-0.3, -0.25) is 0 Å². The van der Waals surface area contributed by atoms with Gasteiger partial charge in [-0.05, 0) is 47.3 Å². The third-order valence-electron chi connectivity index (χ3n) is 12.2. The van der Waals surface area contributed by atoms with Crippen LogP contribution < -0.4 is 20.3 Å². The minimum absolute atomic E-state index is 0.370. The second-order valence-corrected chi connectivity index (χ2v) is 21.7. The first kappa shape index (κ1) is 45.4. The lowest BCUT2D eigenvalue weighted by Crippen LogP contribution is -2.47. The molecule has 60 heavy (non-hydrogen) atoms. The van der Waals surface area contributed by atoms with Gasteiger partial charge in [0, 0.05) is 44.5 Å². The highest BCUT2D eigenvalue weighted by Crippen LogP contribution is 2.36. The van der Waals surface area contributed by atoms with Gasteiger partial charge in [0.05, 0.1) is 15.7 Å².